The van der Waals surface area contributed by atoms with Gasteiger partial charge in [0.1, 0.15) is 6.54 Å². The second kappa shape index (κ2) is 8.39. The van der Waals surface area contributed by atoms with Crippen molar-refractivity contribution >= 4 is 28.8 Å². The molecule has 0 unspecified atom stereocenters. The standard InChI is InChI=1S/C21H21NO4S/c1-14-3-7-16(8-4-14)19(24)20(17-9-5-15(2)6-10-17)26-18(23)13-22-11-12-27-21(22)25/h3-10,20H,11-13H2,1-2H3/t20-/m0/s1. The first-order valence-electron chi connectivity index (χ1n) is 8.72. The minimum atomic E-state index is -1.04. The fourth-order valence-electron chi connectivity index (χ4n) is 2.78. The Morgan fingerprint density at radius 2 is 1.63 bits per heavy atom. The van der Waals surface area contributed by atoms with Crippen molar-refractivity contribution < 1.29 is 19.1 Å². The lowest BCUT2D eigenvalue weighted by Gasteiger charge is -2.20. The molecule has 0 spiro atoms. The number of hydrogen-bond donors (Lipinski definition) is 0. The number of amides is 1. The van der Waals surface area contributed by atoms with E-state index in [1.165, 1.54) is 16.7 Å². The van der Waals surface area contributed by atoms with E-state index in [0.29, 0.717) is 23.4 Å². The van der Waals surface area contributed by atoms with E-state index in [4.69, 9.17) is 4.74 Å². The van der Waals surface area contributed by atoms with Crippen molar-refractivity contribution in [1.82, 2.24) is 4.90 Å². The molecule has 1 aliphatic heterocycles. The molecule has 1 atom stereocenters. The summed E-state index contributed by atoms with van der Waals surface area (Å²) in [6, 6.07) is 14.5. The minimum absolute atomic E-state index is 0.135. The van der Waals surface area contributed by atoms with Crippen molar-refractivity contribution in [2.24, 2.45) is 0 Å². The van der Waals surface area contributed by atoms with Crippen molar-refractivity contribution in [2.75, 3.05) is 18.8 Å². The van der Waals surface area contributed by atoms with E-state index in [0.717, 1.165) is 11.1 Å². The molecule has 0 radical (unpaired) electrons. The van der Waals surface area contributed by atoms with Crippen LogP contribution >= 0.6 is 11.8 Å². The number of esters is 1. The summed E-state index contributed by atoms with van der Waals surface area (Å²) in [4.78, 5) is 38.6. The summed E-state index contributed by atoms with van der Waals surface area (Å²) in [7, 11) is 0. The van der Waals surface area contributed by atoms with Crippen molar-refractivity contribution in [1.29, 1.82) is 0 Å². The van der Waals surface area contributed by atoms with Gasteiger partial charge in [-0.25, -0.2) is 0 Å². The van der Waals surface area contributed by atoms with Crippen LogP contribution in [0.4, 0.5) is 4.79 Å². The number of rotatable bonds is 6. The number of ether oxygens (including phenoxy) is 1. The maximum atomic E-state index is 13.0. The highest BCUT2D eigenvalue weighted by Gasteiger charge is 2.29. The average molecular weight is 383 g/mol. The van der Waals surface area contributed by atoms with E-state index in [-0.39, 0.29) is 17.6 Å². The number of hydrogen-bond acceptors (Lipinski definition) is 5. The third kappa shape index (κ3) is 4.77. The zero-order valence-electron chi connectivity index (χ0n) is 15.3. The lowest BCUT2D eigenvalue weighted by atomic mass is 9.98. The molecule has 2 aromatic rings. The minimum Gasteiger partial charge on any atom is -0.448 e. The third-order valence-corrected chi connectivity index (χ3v) is 5.26. The molecular formula is C21H21NO4S. The molecule has 1 fully saturated rings. The molecule has 1 amide bonds. The van der Waals surface area contributed by atoms with Crippen molar-refractivity contribution in [3.05, 3.63) is 70.8 Å². The third-order valence-electron chi connectivity index (χ3n) is 4.37. The Balaban J connectivity index is 1.81. The molecular weight excluding hydrogens is 362 g/mol. The fraction of sp³-hybridized carbons (Fsp3) is 0.286. The van der Waals surface area contributed by atoms with E-state index < -0.39 is 12.1 Å². The van der Waals surface area contributed by atoms with Crippen LogP contribution in [0.3, 0.4) is 0 Å². The fourth-order valence-corrected chi connectivity index (χ4v) is 3.60. The molecule has 27 heavy (non-hydrogen) atoms. The Labute approximate surface area is 162 Å². The first kappa shape index (κ1) is 19.2. The Bertz CT molecular complexity index is 845. The molecule has 0 bridgehead atoms. The van der Waals surface area contributed by atoms with Gasteiger partial charge in [-0.2, -0.15) is 0 Å². The summed E-state index contributed by atoms with van der Waals surface area (Å²) >= 11 is 1.18. The maximum Gasteiger partial charge on any atom is 0.326 e. The van der Waals surface area contributed by atoms with Crippen LogP contribution in [0.2, 0.25) is 0 Å². The van der Waals surface area contributed by atoms with Crippen LogP contribution in [0, 0.1) is 13.8 Å². The van der Waals surface area contributed by atoms with Crippen LogP contribution < -0.4 is 0 Å². The summed E-state index contributed by atoms with van der Waals surface area (Å²) in [5.74, 6) is -0.207. The number of Topliss-reactive ketones (excluding diaryl/α,β-unsaturated/α-hetero) is 1. The normalized spacial score (nSPS) is 14.9. The molecule has 1 aliphatic rings. The average Bonchev–Trinajstić information content (AvgIpc) is 3.05. The molecule has 6 heteroatoms. The van der Waals surface area contributed by atoms with Crippen molar-refractivity contribution in [3.8, 4) is 0 Å². The Morgan fingerprint density at radius 1 is 1.04 bits per heavy atom. The van der Waals surface area contributed by atoms with E-state index in [1.54, 1.807) is 24.3 Å². The monoisotopic (exact) mass is 383 g/mol. The van der Waals surface area contributed by atoms with Crippen LogP contribution in [0.1, 0.15) is 33.2 Å². The summed E-state index contributed by atoms with van der Waals surface area (Å²) < 4.78 is 5.54. The van der Waals surface area contributed by atoms with Crippen LogP contribution in [-0.2, 0) is 9.53 Å². The zero-order valence-corrected chi connectivity index (χ0v) is 16.1. The predicted octanol–water partition coefficient (Wildman–Crippen LogP) is 3.94. The van der Waals surface area contributed by atoms with Gasteiger partial charge in [0.05, 0.1) is 0 Å². The molecule has 2 aromatic carbocycles. The molecule has 5 nitrogen and oxygen atoms in total. The summed E-state index contributed by atoms with van der Waals surface area (Å²) in [5.41, 5.74) is 3.18. The van der Waals surface area contributed by atoms with Gasteiger partial charge >= 0.3 is 5.97 Å². The van der Waals surface area contributed by atoms with Gasteiger partial charge in [-0.1, -0.05) is 71.4 Å². The highest BCUT2D eigenvalue weighted by molar-refractivity contribution is 8.13. The van der Waals surface area contributed by atoms with Crippen molar-refractivity contribution in [2.45, 2.75) is 20.0 Å². The van der Waals surface area contributed by atoms with Crippen LogP contribution in [0.5, 0.6) is 0 Å². The SMILES string of the molecule is Cc1ccc(C(=O)[C@@H](OC(=O)CN2CCSC2=O)c2ccc(C)cc2)cc1. The number of carbonyl (C=O) groups is 3. The lowest BCUT2D eigenvalue weighted by Crippen LogP contribution is -2.32. The van der Waals surface area contributed by atoms with Gasteiger partial charge in [-0.05, 0) is 13.8 Å². The topological polar surface area (TPSA) is 63.7 Å². The molecule has 0 saturated carbocycles. The predicted molar refractivity (Wildman–Crippen MR) is 105 cm³/mol. The molecule has 0 N–H and O–H groups in total. The van der Waals surface area contributed by atoms with Gasteiger partial charge in [-0.15, -0.1) is 0 Å². The largest absolute Gasteiger partial charge is 0.448 e. The maximum absolute atomic E-state index is 13.0. The number of aryl methyl sites for hydroxylation is 2. The van der Waals surface area contributed by atoms with Gasteiger partial charge in [-0.3, -0.25) is 14.4 Å². The summed E-state index contributed by atoms with van der Waals surface area (Å²) in [6.07, 6.45) is -1.04. The van der Waals surface area contributed by atoms with Gasteiger partial charge in [0.25, 0.3) is 5.24 Å². The van der Waals surface area contributed by atoms with E-state index in [9.17, 15) is 14.4 Å². The van der Waals surface area contributed by atoms with Crippen LogP contribution in [0.15, 0.2) is 48.5 Å². The molecule has 0 aromatic heterocycles. The second-order valence-corrected chi connectivity index (χ2v) is 7.59. The van der Waals surface area contributed by atoms with Crippen molar-refractivity contribution in [3.63, 3.8) is 0 Å². The molecule has 3 rings (SSSR count). The molecule has 1 heterocycles. The van der Waals surface area contributed by atoms with Gasteiger partial charge in [0.2, 0.25) is 5.78 Å². The van der Waals surface area contributed by atoms with Gasteiger partial charge < -0.3 is 9.64 Å². The Hall–Kier alpha value is -2.60. The Morgan fingerprint density at radius 3 is 2.19 bits per heavy atom. The number of ketones is 1. The van der Waals surface area contributed by atoms with E-state index in [1.807, 2.05) is 38.1 Å². The first-order valence-corrected chi connectivity index (χ1v) is 9.71. The highest BCUT2D eigenvalue weighted by atomic mass is 32.2. The number of carbonyl (C=O) groups excluding carboxylic acids is 3. The molecule has 140 valence electrons. The molecule has 0 aliphatic carbocycles. The van der Waals surface area contributed by atoms with Gasteiger partial charge in [0, 0.05) is 23.4 Å². The van der Waals surface area contributed by atoms with E-state index in [2.05, 4.69) is 0 Å². The van der Waals surface area contributed by atoms with Crippen LogP contribution in [0.25, 0.3) is 0 Å². The molecule has 1 saturated heterocycles. The lowest BCUT2D eigenvalue weighted by molar-refractivity contribution is -0.147. The summed E-state index contributed by atoms with van der Waals surface area (Å²) in [5, 5.41) is -0.135. The first-order chi connectivity index (χ1) is 12.9. The highest BCUT2D eigenvalue weighted by Crippen LogP contribution is 2.24. The second-order valence-electron chi connectivity index (χ2n) is 6.55. The summed E-state index contributed by atoms with van der Waals surface area (Å²) in [6.45, 7) is 4.26. The smallest absolute Gasteiger partial charge is 0.326 e. The Kier molecular flexibility index (Phi) is 5.96. The quantitative estimate of drug-likeness (QED) is 0.558. The number of thioether (sulfide) groups is 1. The number of nitrogens with zero attached hydrogens (tertiary/aromatic N) is 1. The van der Waals surface area contributed by atoms with E-state index >= 15 is 0 Å². The van der Waals surface area contributed by atoms with Crippen LogP contribution in [-0.4, -0.2) is 40.7 Å². The van der Waals surface area contributed by atoms with Gasteiger partial charge in [0.15, 0.2) is 6.10 Å². The zero-order chi connectivity index (χ0) is 19.4. The number of benzene rings is 2.